The van der Waals surface area contributed by atoms with Gasteiger partial charge in [0.15, 0.2) is 9.84 Å². The van der Waals surface area contributed by atoms with Gasteiger partial charge in [-0.1, -0.05) is 90.4 Å². The van der Waals surface area contributed by atoms with Crippen LogP contribution in [0.15, 0.2) is 120 Å². The van der Waals surface area contributed by atoms with Crippen LogP contribution in [0.25, 0.3) is 0 Å². The zero-order valence-corrected chi connectivity index (χ0v) is 18.8. The Labute approximate surface area is 195 Å². The van der Waals surface area contributed by atoms with Gasteiger partial charge in [0, 0.05) is 23.1 Å². The molecule has 0 amide bonds. The molecule has 0 radical (unpaired) electrons. The van der Waals surface area contributed by atoms with Crippen LogP contribution in [0.2, 0.25) is 0 Å². The highest BCUT2D eigenvalue weighted by Gasteiger charge is 2.28. The maximum atomic E-state index is 13.3. The van der Waals surface area contributed by atoms with Crippen LogP contribution in [0.1, 0.15) is 33.9 Å². The molecule has 0 aromatic heterocycles. The summed E-state index contributed by atoms with van der Waals surface area (Å²) in [5, 5.41) is -0.732. The topological polar surface area (TPSA) is 34.1 Å². The standard InChI is InChI=1S/C30H22O2S/c31-33(32,29-16-8-3-9-17-29)30(28-14-6-2-7-15-28)18-10-13-26-20-23-27(24-21-26)22-19-25-11-4-1-5-12-25/h1-9,11-12,14-17,20-21,23-24,30H,18H2. The van der Waals surface area contributed by atoms with Crippen LogP contribution < -0.4 is 0 Å². The Morgan fingerprint density at radius 3 is 1.58 bits per heavy atom. The first kappa shape index (κ1) is 22.2. The largest absolute Gasteiger partial charge is 0.223 e. The zero-order valence-electron chi connectivity index (χ0n) is 18.0. The lowest BCUT2D eigenvalue weighted by atomic mass is 10.1. The van der Waals surface area contributed by atoms with Crippen molar-refractivity contribution < 1.29 is 8.42 Å². The average Bonchev–Trinajstić information content (AvgIpc) is 2.87. The van der Waals surface area contributed by atoms with Gasteiger partial charge in [-0.05, 0) is 54.1 Å². The molecule has 0 saturated heterocycles. The summed E-state index contributed by atoms with van der Waals surface area (Å²) in [5.74, 6) is 12.5. The molecule has 160 valence electrons. The maximum absolute atomic E-state index is 13.3. The van der Waals surface area contributed by atoms with Crippen LogP contribution in [-0.2, 0) is 9.84 Å². The van der Waals surface area contributed by atoms with Gasteiger partial charge in [-0.15, -0.1) is 0 Å². The lowest BCUT2D eigenvalue weighted by molar-refractivity contribution is 0.583. The first-order valence-electron chi connectivity index (χ1n) is 10.6. The lowest BCUT2D eigenvalue weighted by Crippen LogP contribution is -2.13. The highest BCUT2D eigenvalue weighted by atomic mass is 32.2. The first-order chi connectivity index (χ1) is 16.1. The van der Waals surface area contributed by atoms with Gasteiger partial charge in [0.05, 0.1) is 4.90 Å². The number of benzene rings is 4. The molecule has 0 heterocycles. The van der Waals surface area contributed by atoms with Crippen molar-refractivity contribution >= 4 is 9.84 Å². The molecule has 0 aliphatic carbocycles. The van der Waals surface area contributed by atoms with Gasteiger partial charge in [-0.2, -0.15) is 0 Å². The fourth-order valence-corrected chi connectivity index (χ4v) is 5.08. The Hall–Kier alpha value is -4.05. The third kappa shape index (κ3) is 5.80. The van der Waals surface area contributed by atoms with E-state index in [9.17, 15) is 8.42 Å². The smallest absolute Gasteiger partial charge is 0.186 e. The quantitative estimate of drug-likeness (QED) is 0.358. The van der Waals surface area contributed by atoms with Gasteiger partial charge in [0.2, 0.25) is 0 Å². The van der Waals surface area contributed by atoms with Crippen molar-refractivity contribution in [3.05, 3.63) is 138 Å². The van der Waals surface area contributed by atoms with E-state index >= 15 is 0 Å². The summed E-state index contributed by atoms with van der Waals surface area (Å²) < 4.78 is 26.7. The second kappa shape index (κ2) is 10.5. The molecule has 4 rings (SSSR count). The molecule has 0 N–H and O–H groups in total. The fourth-order valence-electron chi connectivity index (χ4n) is 3.40. The minimum atomic E-state index is -3.57. The summed E-state index contributed by atoms with van der Waals surface area (Å²) >= 11 is 0. The van der Waals surface area contributed by atoms with Crippen LogP contribution in [-0.4, -0.2) is 8.42 Å². The van der Waals surface area contributed by atoms with Gasteiger partial charge in [-0.25, -0.2) is 8.42 Å². The van der Waals surface area contributed by atoms with Crippen molar-refractivity contribution in [3.8, 4) is 23.7 Å². The Kier molecular flexibility index (Phi) is 7.06. The van der Waals surface area contributed by atoms with Crippen molar-refractivity contribution in [2.45, 2.75) is 16.6 Å². The lowest BCUT2D eigenvalue weighted by Gasteiger charge is -2.16. The summed E-state index contributed by atoms with van der Waals surface area (Å²) in [6, 6.07) is 35.3. The van der Waals surface area contributed by atoms with Crippen LogP contribution in [0.3, 0.4) is 0 Å². The molecule has 4 aromatic carbocycles. The van der Waals surface area contributed by atoms with Crippen LogP contribution in [0.4, 0.5) is 0 Å². The van der Waals surface area contributed by atoms with Crippen molar-refractivity contribution in [2.75, 3.05) is 0 Å². The zero-order chi connectivity index (χ0) is 22.9. The molecule has 0 spiro atoms. The summed E-state index contributed by atoms with van der Waals surface area (Å²) in [6.07, 6.45) is 0.205. The maximum Gasteiger partial charge on any atom is 0.186 e. The molecule has 33 heavy (non-hydrogen) atoms. The van der Waals surface area contributed by atoms with Crippen molar-refractivity contribution in [1.29, 1.82) is 0 Å². The SMILES string of the molecule is O=S(=O)(c1ccccc1)C(CC#Cc1ccc(C#Cc2ccccc2)cc1)c1ccccc1. The minimum Gasteiger partial charge on any atom is -0.223 e. The molecule has 0 aliphatic heterocycles. The molecule has 0 bridgehead atoms. The number of sulfone groups is 1. The van der Waals surface area contributed by atoms with E-state index in [0.717, 1.165) is 22.3 Å². The van der Waals surface area contributed by atoms with E-state index in [1.165, 1.54) is 0 Å². The molecule has 1 unspecified atom stereocenters. The van der Waals surface area contributed by atoms with Gasteiger partial charge >= 0.3 is 0 Å². The second-order valence-corrected chi connectivity index (χ2v) is 9.59. The van der Waals surface area contributed by atoms with E-state index in [1.54, 1.807) is 24.3 Å². The van der Waals surface area contributed by atoms with Gasteiger partial charge in [-0.3, -0.25) is 0 Å². The highest BCUT2D eigenvalue weighted by Crippen LogP contribution is 2.31. The first-order valence-corrected chi connectivity index (χ1v) is 12.2. The normalized spacial score (nSPS) is 11.4. The molecular weight excluding hydrogens is 424 g/mol. The van der Waals surface area contributed by atoms with Crippen molar-refractivity contribution in [1.82, 2.24) is 0 Å². The number of rotatable bonds is 4. The Morgan fingerprint density at radius 1 is 0.545 bits per heavy atom. The molecule has 2 nitrogen and oxygen atoms in total. The summed E-state index contributed by atoms with van der Waals surface area (Å²) in [7, 11) is -3.57. The van der Waals surface area contributed by atoms with E-state index in [2.05, 4.69) is 23.7 Å². The molecule has 4 aromatic rings. The van der Waals surface area contributed by atoms with Gasteiger partial charge in [0.1, 0.15) is 5.25 Å². The molecule has 1 atom stereocenters. The van der Waals surface area contributed by atoms with E-state index in [0.29, 0.717) is 4.90 Å². The van der Waals surface area contributed by atoms with Crippen LogP contribution >= 0.6 is 0 Å². The molecule has 0 aliphatic rings. The third-order valence-electron chi connectivity index (χ3n) is 5.15. The Bertz CT molecular complexity index is 1420. The van der Waals surface area contributed by atoms with Crippen molar-refractivity contribution in [3.63, 3.8) is 0 Å². The van der Waals surface area contributed by atoms with E-state index < -0.39 is 15.1 Å². The monoisotopic (exact) mass is 446 g/mol. The van der Waals surface area contributed by atoms with Crippen LogP contribution in [0, 0.1) is 23.7 Å². The van der Waals surface area contributed by atoms with Gasteiger partial charge in [0.25, 0.3) is 0 Å². The molecule has 3 heteroatoms. The Balaban J connectivity index is 1.54. The number of hydrogen-bond acceptors (Lipinski definition) is 2. The summed E-state index contributed by atoms with van der Waals surface area (Å²) in [5.41, 5.74) is 3.43. The van der Waals surface area contributed by atoms with Gasteiger partial charge < -0.3 is 0 Å². The summed E-state index contributed by atoms with van der Waals surface area (Å²) in [4.78, 5) is 0.307. The van der Waals surface area contributed by atoms with Crippen LogP contribution in [0.5, 0.6) is 0 Å². The molecular formula is C30H22O2S. The van der Waals surface area contributed by atoms with E-state index in [4.69, 9.17) is 0 Å². The molecule has 0 saturated carbocycles. The van der Waals surface area contributed by atoms with Crippen molar-refractivity contribution in [2.24, 2.45) is 0 Å². The average molecular weight is 447 g/mol. The molecule has 0 fully saturated rings. The third-order valence-corrected chi connectivity index (χ3v) is 7.26. The van der Waals surface area contributed by atoms with E-state index in [1.807, 2.05) is 91.0 Å². The minimum absolute atomic E-state index is 0.205. The second-order valence-electron chi connectivity index (χ2n) is 7.46. The summed E-state index contributed by atoms with van der Waals surface area (Å²) in [6.45, 7) is 0. The Morgan fingerprint density at radius 2 is 1.00 bits per heavy atom. The predicted molar refractivity (Wildman–Crippen MR) is 133 cm³/mol. The highest BCUT2D eigenvalue weighted by molar-refractivity contribution is 7.91. The van der Waals surface area contributed by atoms with E-state index in [-0.39, 0.29) is 6.42 Å². The predicted octanol–water partition coefficient (Wildman–Crippen LogP) is 6.04. The number of hydrogen-bond donors (Lipinski definition) is 0. The fraction of sp³-hybridized carbons (Fsp3) is 0.0667.